The van der Waals surface area contributed by atoms with Crippen molar-refractivity contribution in [3.63, 3.8) is 0 Å². The van der Waals surface area contributed by atoms with Crippen molar-refractivity contribution >= 4 is 17.3 Å². The Morgan fingerprint density at radius 3 is 2.26 bits per heavy atom. The average Bonchev–Trinajstić information content (AvgIpc) is 2.28. The van der Waals surface area contributed by atoms with Crippen molar-refractivity contribution in [1.82, 2.24) is 0 Å². The molecule has 0 spiro atoms. The van der Waals surface area contributed by atoms with E-state index in [0.717, 1.165) is 16.8 Å². The summed E-state index contributed by atoms with van der Waals surface area (Å²) in [4.78, 5) is 0. The zero-order valence-electron chi connectivity index (χ0n) is 12.2. The Balaban J connectivity index is 2.52. The number of aromatic nitrogens is 1. The molecule has 0 N–H and O–H groups in total. The van der Waals surface area contributed by atoms with E-state index in [0.29, 0.717) is 0 Å². The van der Waals surface area contributed by atoms with E-state index in [1.165, 1.54) is 10.5 Å². The van der Waals surface area contributed by atoms with E-state index in [-0.39, 0.29) is 5.82 Å². The first-order valence-corrected chi connectivity index (χ1v) is 12.2. The van der Waals surface area contributed by atoms with Crippen LogP contribution in [-0.4, -0.2) is 12.8 Å². The van der Waals surface area contributed by atoms with Gasteiger partial charge in [0.05, 0.1) is 0 Å². The summed E-state index contributed by atoms with van der Waals surface area (Å²) in [6.07, 6.45) is 2.22. The van der Waals surface area contributed by atoms with Crippen molar-refractivity contribution in [2.75, 3.05) is 0 Å². The van der Waals surface area contributed by atoms with E-state index in [1.807, 2.05) is 13.0 Å². The van der Waals surface area contributed by atoms with E-state index in [4.69, 9.17) is 0 Å². The summed E-state index contributed by atoms with van der Waals surface area (Å²) in [6.45, 7) is 1.95. The third-order valence-corrected chi connectivity index (χ3v) is 6.75. The fourth-order valence-corrected chi connectivity index (χ4v) is 4.13. The molecule has 0 aliphatic heterocycles. The molecule has 1 aromatic heterocycles. The van der Waals surface area contributed by atoms with Crippen LogP contribution in [0.4, 0.5) is 4.39 Å². The molecule has 1 heterocycles. The number of rotatable bonds is 2. The van der Waals surface area contributed by atoms with Crippen LogP contribution in [0.15, 0.2) is 36.5 Å². The van der Waals surface area contributed by atoms with Gasteiger partial charge in [-0.2, -0.15) is 0 Å². The van der Waals surface area contributed by atoms with Gasteiger partial charge in [-0.3, -0.25) is 0 Å². The van der Waals surface area contributed by atoms with Gasteiger partial charge in [0.15, 0.2) is 0 Å². The number of hydrogen-bond acceptors (Lipinski definition) is 0. The Morgan fingerprint density at radius 2 is 1.74 bits per heavy atom. The summed E-state index contributed by atoms with van der Waals surface area (Å²) >= 11 is -1.47. The van der Waals surface area contributed by atoms with Crippen molar-refractivity contribution in [2.45, 2.75) is 24.4 Å². The van der Waals surface area contributed by atoms with E-state index >= 15 is 0 Å². The normalized spacial score (nSPS) is 12.5. The summed E-state index contributed by atoms with van der Waals surface area (Å²) in [7, 11) is 2.06. The Morgan fingerprint density at radius 1 is 1.05 bits per heavy atom. The summed E-state index contributed by atoms with van der Waals surface area (Å²) in [5.41, 5.74) is 3.19. The quantitative estimate of drug-likeness (QED) is 0.590. The maximum absolute atomic E-state index is 13.2. The molecule has 2 rings (SSSR count). The average molecular weight is 325 g/mol. The maximum atomic E-state index is 13.2. The first-order chi connectivity index (χ1) is 8.79. The van der Waals surface area contributed by atoms with Crippen LogP contribution in [0.3, 0.4) is 0 Å². The van der Waals surface area contributed by atoms with Crippen molar-refractivity contribution in [1.29, 1.82) is 0 Å². The molecule has 0 amide bonds. The Kier molecular flexibility index (Phi) is 3.80. The predicted molar refractivity (Wildman–Crippen MR) is 80.7 cm³/mol. The summed E-state index contributed by atoms with van der Waals surface area (Å²) in [5, 5.41) is 0. The van der Waals surface area contributed by atoms with Crippen LogP contribution in [0.5, 0.6) is 0 Å². The summed E-state index contributed by atoms with van der Waals surface area (Å²) in [6, 6.07) is 9.34. The van der Waals surface area contributed by atoms with E-state index < -0.39 is 12.8 Å². The van der Waals surface area contributed by atoms with Gasteiger partial charge >= 0.3 is 117 Å². The van der Waals surface area contributed by atoms with Crippen LogP contribution >= 0.6 is 0 Å². The second kappa shape index (κ2) is 5.07. The summed E-state index contributed by atoms with van der Waals surface area (Å²) in [5.74, 6) is 6.89. The molecule has 3 heteroatoms. The number of aryl methyl sites for hydroxylation is 2. The van der Waals surface area contributed by atoms with Gasteiger partial charge in [-0.15, -0.1) is 0 Å². The van der Waals surface area contributed by atoms with Crippen LogP contribution < -0.4 is 9.03 Å². The molecule has 0 fully saturated rings. The van der Waals surface area contributed by atoms with Gasteiger partial charge in [0.2, 0.25) is 0 Å². The molecule has 102 valence electrons. The fraction of sp³-hybridized carbons (Fsp3) is 0.312. The molecule has 19 heavy (non-hydrogen) atoms. The third kappa shape index (κ3) is 3.05. The van der Waals surface area contributed by atoms with Gasteiger partial charge in [0.1, 0.15) is 0 Å². The molecule has 0 aliphatic rings. The standard InChI is InChI=1S/C16H21FNSe/c1-12-10-13(17)6-8-15(12)16-9-7-14(11-18(16)2)19(3,4)5/h6-11H,1-5H3/q+1. The van der Waals surface area contributed by atoms with Crippen LogP contribution in [0.1, 0.15) is 5.56 Å². The van der Waals surface area contributed by atoms with Crippen molar-refractivity contribution in [2.24, 2.45) is 7.05 Å². The molecule has 0 aliphatic carbocycles. The second-order valence-electron chi connectivity index (χ2n) is 5.66. The van der Waals surface area contributed by atoms with Gasteiger partial charge in [-0.1, -0.05) is 0 Å². The topological polar surface area (TPSA) is 3.88 Å². The zero-order chi connectivity index (χ0) is 14.2. The molecular weight excluding hydrogens is 304 g/mol. The van der Waals surface area contributed by atoms with Crippen molar-refractivity contribution < 1.29 is 8.96 Å². The number of hydrogen-bond donors (Lipinski definition) is 0. The molecule has 0 bridgehead atoms. The minimum absolute atomic E-state index is 0.177. The van der Waals surface area contributed by atoms with Crippen molar-refractivity contribution in [3.8, 4) is 11.3 Å². The van der Waals surface area contributed by atoms with Crippen LogP contribution in [0, 0.1) is 12.7 Å². The van der Waals surface area contributed by atoms with E-state index in [9.17, 15) is 4.39 Å². The fourth-order valence-electron chi connectivity index (χ4n) is 2.14. The molecule has 2 aromatic rings. The Labute approximate surface area is 117 Å². The van der Waals surface area contributed by atoms with E-state index in [1.54, 1.807) is 6.07 Å². The minimum atomic E-state index is -1.47. The molecule has 0 unspecified atom stereocenters. The molecule has 0 saturated heterocycles. The zero-order valence-corrected chi connectivity index (χ0v) is 13.9. The predicted octanol–water partition coefficient (Wildman–Crippen LogP) is 3.17. The molecule has 1 nitrogen and oxygen atoms in total. The molecule has 0 atom stereocenters. The molecule has 1 aromatic carbocycles. The van der Waals surface area contributed by atoms with Gasteiger partial charge < -0.3 is 0 Å². The first-order valence-electron chi connectivity index (χ1n) is 6.23. The second-order valence-corrected chi connectivity index (χ2v) is 14.4. The molecule has 0 saturated carbocycles. The van der Waals surface area contributed by atoms with E-state index in [2.05, 4.69) is 47.4 Å². The SMILES string of the molecule is Cc1cc(F)ccc1-c1ccc([Se](C)(C)C)c[n+]1C. The van der Waals surface area contributed by atoms with Gasteiger partial charge in [0, 0.05) is 0 Å². The van der Waals surface area contributed by atoms with Gasteiger partial charge in [0.25, 0.3) is 0 Å². The Hall–Kier alpha value is -1.18. The molecular formula is C16H21FNSe+. The first kappa shape index (κ1) is 14.2. The van der Waals surface area contributed by atoms with Gasteiger partial charge in [-0.25, -0.2) is 0 Å². The van der Waals surface area contributed by atoms with Crippen LogP contribution in [0.25, 0.3) is 11.3 Å². The van der Waals surface area contributed by atoms with Crippen LogP contribution in [0.2, 0.25) is 17.5 Å². The number of halogens is 1. The number of benzene rings is 1. The van der Waals surface area contributed by atoms with Crippen LogP contribution in [-0.2, 0) is 7.05 Å². The summed E-state index contributed by atoms with van der Waals surface area (Å²) < 4.78 is 16.8. The third-order valence-electron chi connectivity index (χ3n) is 3.28. The van der Waals surface area contributed by atoms with Crippen molar-refractivity contribution in [3.05, 3.63) is 47.9 Å². The van der Waals surface area contributed by atoms with Gasteiger partial charge in [-0.05, 0) is 0 Å². The monoisotopic (exact) mass is 326 g/mol. The number of nitrogens with zero attached hydrogens (tertiary/aromatic N) is 1. The Bertz CT molecular complexity index is 615. The molecule has 0 radical (unpaired) electrons. The number of pyridine rings is 1.